The molecule has 0 bridgehead atoms. The molecular formula is C15H22BrNO. The Morgan fingerprint density at radius 2 is 1.78 bits per heavy atom. The minimum Gasteiger partial charge on any atom is -0.352 e. The molecule has 18 heavy (non-hydrogen) atoms. The number of hydrogen-bond acceptors (Lipinski definition) is 1. The van der Waals surface area contributed by atoms with Gasteiger partial charge in [-0.3, -0.25) is 4.79 Å². The number of benzene rings is 1. The number of hydrogen-bond donors (Lipinski definition) is 1. The molecule has 0 heterocycles. The maximum absolute atomic E-state index is 12.1. The number of nitrogens with one attached hydrogen (secondary N) is 1. The van der Waals surface area contributed by atoms with Crippen LogP contribution in [0.3, 0.4) is 0 Å². The van der Waals surface area contributed by atoms with E-state index in [1.54, 1.807) is 0 Å². The van der Waals surface area contributed by atoms with E-state index in [4.69, 9.17) is 0 Å². The van der Waals surface area contributed by atoms with E-state index in [9.17, 15) is 4.79 Å². The first kappa shape index (κ1) is 15.2. The van der Waals surface area contributed by atoms with Crippen LogP contribution in [0.15, 0.2) is 18.2 Å². The highest BCUT2D eigenvalue weighted by Gasteiger charge is 2.18. The molecule has 0 unspecified atom stereocenters. The van der Waals surface area contributed by atoms with Gasteiger partial charge in [0.1, 0.15) is 0 Å². The number of rotatable bonds is 5. The van der Waals surface area contributed by atoms with Crippen molar-refractivity contribution in [2.45, 2.75) is 34.1 Å². The lowest BCUT2D eigenvalue weighted by Gasteiger charge is -2.24. The number of aryl methyl sites for hydroxylation is 2. The lowest BCUT2D eigenvalue weighted by molar-refractivity contribution is 0.0936. The van der Waals surface area contributed by atoms with Gasteiger partial charge >= 0.3 is 0 Å². The Morgan fingerprint density at radius 1 is 1.22 bits per heavy atom. The van der Waals surface area contributed by atoms with Gasteiger partial charge in [-0.15, -0.1) is 0 Å². The molecule has 0 spiro atoms. The van der Waals surface area contributed by atoms with Crippen LogP contribution in [-0.2, 0) is 0 Å². The summed E-state index contributed by atoms with van der Waals surface area (Å²) in [6, 6.07) is 5.94. The van der Waals surface area contributed by atoms with Crippen molar-refractivity contribution in [3.05, 3.63) is 34.9 Å². The summed E-state index contributed by atoms with van der Waals surface area (Å²) in [5, 5.41) is 3.98. The highest BCUT2D eigenvalue weighted by Crippen LogP contribution is 2.20. The van der Waals surface area contributed by atoms with Gasteiger partial charge in [-0.25, -0.2) is 0 Å². The average molecular weight is 312 g/mol. The van der Waals surface area contributed by atoms with Crippen LogP contribution in [0.1, 0.15) is 41.8 Å². The molecule has 0 aromatic heterocycles. The van der Waals surface area contributed by atoms with Crippen LogP contribution in [0.4, 0.5) is 0 Å². The molecule has 1 aromatic carbocycles. The molecule has 0 aliphatic heterocycles. The molecule has 0 saturated carbocycles. The molecule has 3 heteroatoms. The van der Waals surface area contributed by atoms with Gasteiger partial charge < -0.3 is 5.32 Å². The summed E-state index contributed by atoms with van der Waals surface area (Å²) in [4.78, 5) is 12.1. The Hall–Kier alpha value is -0.830. The molecular weight excluding hydrogens is 290 g/mol. The molecule has 1 rings (SSSR count). The third kappa shape index (κ3) is 4.81. The fraction of sp³-hybridized carbons (Fsp3) is 0.533. The predicted octanol–water partition coefficient (Wildman–Crippen LogP) is 3.84. The predicted molar refractivity (Wildman–Crippen MR) is 80.4 cm³/mol. The van der Waals surface area contributed by atoms with Crippen LogP contribution in [0, 0.1) is 19.3 Å². The maximum Gasteiger partial charge on any atom is 0.251 e. The van der Waals surface area contributed by atoms with Crippen LogP contribution >= 0.6 is 15.9 Å². The molecule has 0 aliphatic carbocycles. The SMILES string of the molecule is Cc1cc(C)cc(C(=O)NCC(C)(C)CCBr)c1. The second-order valence-corrected chi connectivity index (χ2v) is 6.46. The highest BCUT2D eigenvalue weighted by molar-refractivity contribution is 9.09. The van der Waals surface area contributed by atoms with E-state index in [2.05, 4.69) is 41.2 Å². The number of alkyl halides is 1. The van der Waals surface area contributed by atoms with E-state index in [1.165, 1.54) is 0 Å². The Morgan fingerprint density at radius 3 is 2.28 bits per heavy atom. The fourth-order valence-electron chi connectivity index (χ4n) is 1.87. The lowest BCUT2D eigenvalue weighted by atomic mass is 9.90. The molecule has 0 radical (unpaired) electrons. The minimum atomic E-state index is 0.0180. The van der Waals surface area contributed by atoms with Gasteiger partial charge in [-0.05, 0) is 37.8 Å². The first-order valence-corrected chi connectivity index (χ1v) is 7.39. The maximum atomic E-state index is 12.1. The van der Waals surface area contributed by atoms with Crippen molar-refractivity contribution in [3.63, 3.8) is 0 Å². The van der Waals surface area contributed by atoms with Crippen molar-refractivity contribution < 1.29 is 4.79 Å². The summed E-state index contributed by atoms with van der Waals surface area (Å²) >= 11 is 3.44. The van der Waals surface area contributed by atoms with E-state index in [0.717, 1.165) is 28.4 Å². The Kier molecular flexibility index (Phi) is 5.39. The molecule has 2 nitrogen and oxygen atoms in total. The molecule has 1 aromatic rings. The number of halogens is 1. The fourth-order valence-corrected chi connectivity index (χ4v) is 2.94. The number of amides is 1. The van der Waals surface area contributed by atoms with Gasteiger partial charge in [-0.1, -0.05) is 47.0 Å². The third-order valence-corrected chi connectivity index (χ3v) is 3.38. The van der Waals surface area contributed by atoms with Gasteiger partial charge in [-0.2, -0.15) is 0 Å². The molecule has 0 atom stereocenters. The lowest BCUT2D eigenvalue weighted by Crippen LogP contribution is -2.34. The van der Waals surface area contributed by atoms with Crippen molar-refractivity contribution in [2.24, 2.45) is 5.41 Å². The first-order valence-electron chi connectivity index (χ1n) is 6.26. The van der Waals surface area contributed by atoms with Gasteiger partial charge in [0, 0.05) is 17.4 Å². The molecule has 1 amide bonds. The standard InChI is InChI=1S/C15H22BrNO/c1-11-7-12(2)9-13(8-11)14(18)17-10-15(3,4)5-6-16/h7-9H,5-6,10H2,1-4H3,(H,17,18). The van der Waals surface area contributed by atoms with Crippen LogP contribution in [0.5, 0.6) is 0 Å². The highest BCUT2D eigenvalue weighted by atomic mass is 79.9. The zero-order chi connectivity index (χ0) is 13.8. The molecule has 0 aliphatic rings. The first-order chi connectivity index (χ1) is 8.34. The van der Waals surface area contributed by atoms with Crippen molar-refractivity contribution in [2.75, 3.05) is 11.9 Å². The van der Waals surface area contributed by atoms with Gasteiger partial charge in [0.25, 0.3) is 5.91 Å². The smallest absolute Gasteiger partial charge is 0.251 e. The Labute approximate surface area is 118 Å². The third-order valence-electron chi connectivity index (χ3n) is 2.98. The minimum absolute atomic E-state index is 0.0180. The quantitative estimate of drug-likeness (QED) is 0.822. The Balaban J connectivity index is 2.66. The largest absolute Gasteiger partial charge is 0.352 e. The molecule has 0 saturated heterocycles. The monoisotopic (exact) mass is 311 g/mol. The van der Waals surface area contributed by atoms with Crippen molar-refractivity contribution >= 4 is 21.8 Å². The van der Waals surface area contributed by atoms with Gasteiger partial charge in [0.2, 0.25) is 0 Å². The van der Waals surface area contributed by atoms with Crippen molar-refractivity contribution in [1.82, 2.24) is 5.32 Å². The van der Waals surface area contributed by atoms with Crippen LogP contribution in [0.25, 0.3) is 0 Å². The van der Waals surface area contributed by atoms with Gasteiger partial charge in [0.15, 0.2) is 0 Å². The molecule has 0 fully saturated rings. The Bertz CT molecular complexity index is 406. The summed E-state index contributed by atoms with van der Waals surface area (Å²) in [7, 11) is 0. The van der Waals surface area contributed by atoms with E-state index >= 15 is 0 Å². The van der Waals surface area contributed by atoms with Crippen LogP contribution in [0.2, 0.25) is 0 Å². The second kappa shape index (κ2) is 6.37. The van der Waals surface area contributed by atoms with Crippen LogP contribution < -0.4 is 5.32 Å². The number of carbonyl (C=O) groups excluding carboxylic acids is 1. The summed E-state index contributed by atoms with van der Waals surface area (Å²) in [5.74, 6) is 0.0180. The molecule has 100 valence electrons. The summed E-state index contributed by atoms with van der Waals surface area (Å²) < 4.78 is 0. The molecule has 1 N–H and O–H groups in total. The summed E-state index contributed by atoms with van der Waals surface area (Å²) in [6.07, 6.45) is 1.04. The summed E-state index contributed by atoms with van der Waals surface area (Å²) in [6.45, 7) is 9.05. The van der Waals surface area contributed by atoms with Crippen LogP contribution in [-0.4, -0.2) is 17.8 Å². The normalized spacial score (nSPS) is 11.4. The average Bonchev–Trinajstić information content (AvgIpc) is 2.24. The number of carbonyl (C=O) groups is 1. The summed E-state index contributed by atoms with van der Waals surface area (Å²) in [5.41, 5.74) is 3.12. The second-order valence-electron chi connectivity index (χ2n) is 5.66. The van der Waals surface area contributed by atoms with E-state index in [0.29, 0.717) is 6.54 Å². The van der Waals surface area contributed by atoms with Crippen molar-refractivity contribution in [3.8, 4) is 0 Å². The zero-order valence-electron chi connectivity index (χ0n) is 11.6. The van der Waals surface area contributed by atoms with E-state index < -0.39 is 0 Å². The zero-order valence-corrected chi connectivity index (χ0v) is 13.2. The van der Waals surface area contributed by atoms with Gasteiger partial charge in [0.05, 0.1) is 0 Å². The van der Waals surface area contributed by atoms with E-state index in [1.807, 2.05) is 26.0 Å². The van der Waals surface area contributed by atoms with Crippen molar-refractivity contribution in [1.29, 1.82) is 0 Å². The topological polar surface area (TPSA) is 29.1 Å². The van der Waals surface area contributed by atoms with E-state index in [-0.39, 0.29) is 11.3 Å².